The van der Waals surface area contributed by atoms with Gasteiger partial charge in [-0.3, -0.25) is 10.5 Å². The summed E-state index contributed by atoms with van der Waals surface area (Å²) in [5, 5.41) is 12.0. The van der Waals surface area contributed by atoms with Gasteiger partial charge < -0.3 is 17.1 Å². The van der Waals surface area contributed by atoms with E-state index < -0.39 is 0 Å². The quantitative estimate of drug-likeness (QED) is 0.245. The largest absolute Gasteiger partial charge is 0.412 e. The molecule has 5 heteroatoms. The van der Waals surface area contributed by atoms with E-state index in [1.807, 2.05) is 0 Å². The predicted molar refractivity (Wildman–Crippen MR) is 17.5 cm³/mol. The van der Waals surface area contributed by atoms with Gasteiger partial charge in [0.1, 0.15) is 0 Å². The van der Waals surface area contributed by atoms with Gasteiger partial charge in [-0.25, -0.2) is 0 Å². The lowest BCUT2D eigenvalue weighted by atomic mass is 14.0. The molecule has 5 heavy (non-hydrogen) atoms. The van der Waals surface area contributed by atoms with Crippen LogP contribution in [0.2, 0.25) is 0 Å². The molecule has 0 saturated carbocycles. The molecule has 0 aromatic carbocycles. The maximum Gasteiger partial charge on any atom is -0.255 e. The van der Waals surface area contributed by atoms with Crippen molar-refractivity contribution in [1.29, 1.82) is 0 Å². The Bertz CT molecular complexity index is 3.61. The smallest absolute Gasteiger partial charge is 0.255 e. The van der Waals surface area contributed by atoms with Gasteiger partial charge in [0.05, 0.1) is 0 Å². The summed E-state index contributed by atoms with van der Waals surface area (Å²) in [6.07, 6.45) is 0. The highest BCUT2D eigenvalue weighted by Crippen LogP contribution is 0.711. The number of hydrogen-bond acceptors (Lipinski definition) is 3. The van der Waals surface area contributed by atoms with E-state index >= 15 is 0 Å². The highest BCUT2D eigenvalue weighted by molar-refractivity contribution is 2.13. The van der Waals surface area contributed by atoms with Crippen LogP contribution >= 0.6 is 0 Å². The molecule has 9 N–H and O–H groups in total. The Morgan fingerprint density at radius 1 is 0.800 bits per heavy atom. The minimum absolute atomic E-state index is 0. The van der Waals surface area contributed by atoms with Crippen LogP contribution in [-0.4, -0.2) is 21.5 Å². The van der Waals surface area contributed by atoms with E-state index in [4.69, 9.17) is 10.5 Å². The zero-order valence-electron chi connectivity index (χ0n) is 2.60. The first-order valence-electron chi connectivity index (χ1n) is 0.200. The molecule has 0 spiro atoms. The Morgan fingerprint density at radius 3 is 0.800 bits per heavy atom. The van der Waals surface area contributed by atoms with E-state index in [1.54, 1.807) is 0 Å². The Morgan fingerprint density at radius 2 is 0.800 bits per heavy atom. The van der Waals surface area contributed by atoms with Crippen LogP contribution in [0, 0.1) is 0 Å². The van der Waals surface area contributed by atoms with Crippen molar-refractivity contribution in [2.45, 2.75) is 0 Å². The predicted octanol–water partition coefficient (Wildman–Crippen LogP) is -1.47. The normalized spacial score (nSPS) is 1.20. The van der Waals surface area contributed by atoms with Gasteiger partial charge in [-0.1, -0.05) is 0 Å². The Hall–Kier alpha value is -0.200. The van der Waals surface area contributed by atoms with Crippen LogP contribution < -0.4 is 6.15 Å². The second-order valence-corrected chi connectivity index (χ2v) is 0. The van der Waals surface area contributed by atoms with Gasteiger partial charge >= 0.3 is 0 Å². The van der Waals surface area contributed by atoms with Crippen molar-refractivity contribution in [3.63, 3.8) is 0 Å². The fourth-order valence-electron chi connectivity index (χ4n) is 0. The summed E-state index contributed by atoms with van der Waals surface area (Å²) in [5.74, 6) is 0. The molecule has 0 aliphatic heterocycles. The second-order valence-electron chi connectivity index (χ2n) is 0. The minimum atomic E-state index is 0. The molecule has 38 valence electrons. The lowest BCUT2D eigenvalue weighted by Gasteiger charge is -1.25. The molecule has 0 aliphatic rings. The molecule has 0 fully saturated rings. The molecule has 0 rings (SSSR count). The van der Waals surface area contributed by atoms with Gasteiger partial charge in [0.15, 0.2) is 0 Å². The maximum atomic E-state index is 6.00. The number of rotatable bonds is 0. The lowest BCUT2D eigenvalue weighted by Crippen LogP contribution is -1.29. The molecule has 0 aromatic heterocycles. The van der Waals surface area contributed by atoms with E-state index in [-0.39, 0.29) is 17.1 Å². The van der Waals surface area contributed by atoms with Crippen molar-refractivity contribution in [3.8, 4) is 0 Å². The Labute approximate surface area is 29.0 Å². The Kier molecular flexibility index (Phi) is 16100. The van der Waals surface area contributed by atoms with Gasteiger partial charge in [0.2, 0.25) is 0 Å². The third-order valence-electron chi connectivity index (χ3n) is 0. The van der Waals surface area contributed by atoms with Crippen molar-refractivity contribution >= 4 is 0 Å². The monoisotopic (exact) mass is 87.1 g/mol. The molecule has 0 aliphatic carbocycles. The molecular weight excluding hydrogens is 78.0 g/mol. The van der Waals surface area contributed by atoms with Crippen molar-refractivity contribution in [3.05, 3.63) is 0 Å². The SMILES string of the molecule is N.O.O.OO. The van der Waals surface area contributed by atoms with E-state index in [0.717, 1.165) is 0 Å². The highest BCUT2D eigenvalue weighted by atomic mass is 17.0. The summed E-state index contributed by atoms with van der Waals surface area (Å²) in [6, 6.07) is 0. The van der Waals surface area contributed by atoms with Crippen molar-refractivity contribution in [1.82, 2.24) is 6.15 Å². The molecule has 0 atom stereocenters. The minimum Gasteiger partial charge on any atom is -0.412 e. The van der Waals surface area contributed by atoms with Crippen LogP contribution in [0.4, 0.5) is 0 Å². The van der Waals surface area contributed by atoms with E-state index in [9.17, 15) is 0 Å². The summed E-state index contributed by atoms with van der Waals surface area (Å²) >= 11 is 0. The second kappa shape index (κ2) is 745. The van der Waals surface area contributed by atoms with Gasteiger partial charge in [-0.2, -0.15) is 0 Å². The molecule has 0 aromatic rings. The maximum absolute atomic E-state index is 6.00. The van der Waals surface area contributed by atoms with Crippen LogP contribution in [0.1, 0.15) is 0 Å². The third kappa shape index (κ3) is 308. The molecule has 0 heterocycles. The van der Waals surface area contributed by atoms with Crippen LogP contribution in [-0.2, 0) is 0 Å². The molecule has 0 saturated heterocycles. The average molecular weight is 87.1 g/mol. The van der Waals surface area contributed by atoms with E-state index in [1.165, 1.54) is 0 Å². The first kappa shape index (κ1) is 108. The zero-order valence-corrected chi connectivity index (χ0v) is 2.60. The summed E-state index contributed by atoms with van der Waals surface area (Å²) in [7, 11) is 0. The fraction of sp³-hybridized carbons (Fsp3) is 0. The van der Waals surface area contributed by atoms with Crippen molar-refractivity contribution < 1.29 is 21.5 Å². The summed E-state index contributed by atoms with van der Waals surface area (Å²) in [6.45, 7) is 0. The third-order valence-corrected chi connectivity index (χ3v) is 0. The summed E-state index contributed by atoms with van der Waals surface area (Å²) in [4.78, 5) is 0. The van der Waals surface area contributed by atoms with Crippen LogP contribution in [0.5, 0.6) is 0 Å². The molecule has 5 nitrogen and oxygen atoms in total. The summed E-state index contributed by atoms with van der Waals surface area (Å²) in [5.41, 5.74) is 0. The van der Waals surface area contributed by atoms with Crippen LogP contribution in [0.25, 0.3) is 0 Å². The number of hydrogen-bond donors (Lipinski definition) is 3. The highest BCUT2D eigenvalue weighted by Gasteiger charge is 0.745. The molecule has 0 bridgehead atoms. The van der Waals surface area contributed by atoms with E-state index in [2.05, 4.69) is 0 Å². The first-order valence-corrected chi connectivity index (χ1v) is 0.200. The standard InChI is InChI=1S/H3N.H2O2.2H2O/c;1-2;;/h1H3;1-2H;2*1H2. The van der Waals surface area contributed by atoms with Gasteiger partial charge in [0, 0.05) is 0 Å². The molecule has 0 radical (unpaired) electrons. The van der Waals surface area contributed by atoms with Crippen molar-refractivity contribution in [2.24, 2.45) is 0 Å². The first-order chi connectivity index (χ1) is 1.00. The fourth-order valence-corrected chi connectivity index (χ4v) is 0. The van der Waals surface area contributed by atoms with Gasteiger partial charge in [-0.15, -0.1) is 0 Å². The molecular formula is H9NO4. The average Bonchev–Trinajstić information content (AvgIpc) is 1.00. The topological polar surface area (TPSA) is 138 Å². The molecule has 0 unspecified atom stereocenters. The van der Waals surface area contributed by atoms with Crippen LogP contribution in [0.3, 0.4) is 0 Å². The van der Waals surface area contributed by atoms with Crippen LogP contribution in [0.15, 0.2) is 0 Å². The van der Waals surface area contributed by atoms with Gasteiger partial charge in [0.25, 0.3) is 0 Å². The summed E-state index contributed by atoms with van der Waals surface area (Å²) < 4.78 is 0. The van der Waals surface area contributed by atoms with Crippen molar-refractivity contribution in [2.75, 3.05) is 0 Å². The molecule has 0 amide bonds. The lowest BCUT2D eigenvalue weighted by molar-refractivity contribution is -0.176. The Balaban J connectivity index is -0.00000000167. The van der Waals surface area contributed by atoms with Gasteiger partial charge in [-0.05, 0) is 0 Å². The zero-order chi connectivity index (χ0) is 2.00. The van der Waals surface area contributed by atoms with E-state index in [0.29, 0.717) is 0 Å².